The minimum Gasteiger partial charge on any atom is -0.493 e. The zero-order valence-corrected chi connectivity index (χ0v) is 20.9. The van der Waals surface area contributed by atoms with Crippen molar-refractivity contribution < 1.29 is 23.6 Å². The highest BCUT2D eigenvalue weighted by atomic mass is 35.5. The number of halogens is 2. The molecule has 0 unspecified atom stereocenters. The van der Waals surface area contributed by atoms with Crippen LogP contribution in [-0.2, 0) is 0 Å². The summed E-state index contributed by atoms with van der Waals surface area (Å²) in [5, 5.41) is 12.0. The first kappa shape index (κ1) is 27.2. The lowest BCUT2D eigenvalue weighted by molar-refractivity contribution is -0.385. The molecule has 0 saturated carbocycles. The maximum atomic E-state index is 14.3. The fraction of sp³-hybridized carbons (Fsp3) is 0.364. The van der Waals surface area contributed by atoms with Crippen molar-refractivity contribution in [2.24, 2.45) is 0 Å². The van der Waals surface area contributed by atoms with Gasteiger partial charge in [0.1, 0.15) is 16.9 Å². The number of methoxy groups -OCH3 is 2. The molecule has 0 bridgehead atoms. The molecule has 2 aromatic carbocycles. The zero-order chi connectivity index (χ0) is 24.1. The minimum absolute atomic E-state index is 0. The average molecular weight is 513 g/mol. The first-order chi connectivity index (χ1) is 15.8. The lowest BCUT2D eigenvalue weighted by Crippen LogP contribution is -2.39. The van der Waals surface area contributed by atoms with Gasteiger partial charge in [-0.1, -0.05) is 31.3 Å². The molecule has 0 aliphatic heterocycles. The number of carbonyl (C=O) groups is 1. The molecule has 1 aromatic heterocycles. The molecule has 0 fully saturated rings. The van der Waals surface area contributed by atoms with Gasteiger partial charge in [0.2, 0.25) is 0 Å². The lowest BCUT2D eigenvalue weighted by Gasteiger charge is -2.25. The van der Waals surface area contributed by atoms with Crippen molar-refractivity contribution in [1.82, 2.24) is 9.88 Å². The molecular formula is C22H26ClFN4O5S. The Labute approximate surface area is 206 Å². The maximum absolute atomic E-state index is 14.3. The van der Waals surface area contributed by atoms with Crippen molar-refractivity contribution in [3.63, 3.8) is 0 Å². The predicted molar refractivity (Wildman–Crippen MR) is 132 cm³/mol. The van der Waals surface area contributed by atoms with E-state index in [-0.39, 0.29) is 46.7 Å². The third-order valence-corrected chi connectivity index (χ3v) is 6.34. The van der Waals surface area contributed by atoms with Crippen molar-refractivity contribution in [2.75, 3.05) is 45.3 Å². The van der Waals surface area contributed by atoms with Gasteiger partial charge in [-0.3, -0.25) is 19.8 Å². The number of ether oxygens (including phenoxy) is 2. The summed E-state index contributed by atoms with van der Waals surface area (Å²) in [5.41, 5.74) is -0.436. The van der Waals surface area contributed by atoms with Crippen LogP contribution in [0.25, 0.3) is 10.2 Å². The SMILES string of the molecule is CCN(CC)CCN(C(=O)c1cc(OC)c(OC)cc1[N+](=O)[O-])c1nc2c(F)cccc2s1.Cl. The molecule has 0 radical (unpaired) electrons. The molecule has 0 spiro atoms. The Bertz CT molecular complexity index is 1170. The number of nitrogens with zero attached hydrogens (tertiary/aromatic N) is 4. The number of nitro groups is 1. The normalized spacial score (nSPS) is 10.8. The van der Waals surface area contributed by atoms with Gasteiger partial charge >= 0.3 is 0 Å². The molecule has 9 nitrogen and oxygen atoms in total. The quantitative estimate of drug-likeness (QED) is 0.285. The lowest BCUT2D eigenvalue weighted by atomic mass is 10.1. The molecule has 12 heteroatoms. The van der Waals surface area contributed by atoms with Crippen LogP contribution in [0.5, 0.6) is 11.5 Å². The highest BCUT2D eigenvalue weighted by Gasteiger charge is 2.30. The van der Waals surface area contributed by atoms with E-state index in [2.05, 4.69) is 9.88 Å². The van der Waals surface area contributed by atoms with E-state index in [4.69, 9.17) is 9.47 Å². The van der Waals surface area contributed by atoms with E-state index in [1.165, 1.54) is 31.3 Å². The smallest absolute Gasteiger partial charge is 0.286 e. The van der Waals surface area contributed by atoms with Crippen molar-refractivity contribution >= 4 is 50.7 Å². The number of thiazole rings is 1. The van der Waals surface area contributed by atoms with Crippen LogP contribution in [0, 0.1) is 15.9 Å². The Morgan fingerprint density at radius 1 is 1.15 bits per heavy atom. The molecule has 34 heavy (non-hydrogen) atoms. The summed E-state index contributed by atoms with van der Waals surface area (Å²) in [5.74, 6) is -0.805. The maximum Gasteiger partial charge on any atom is 0.286 e. The van der Waals surface area contributed by atoms with Gasteiger partial charge in [-0.25, -0.2) is 9.37 Å². The van der Waals surface area contributed by atoms with E-state index >= 15 is 0 Å². The van der Waals surface area contributed by atoms with Crippen LogP contribution >= 0.6 is 23.7 Å². The monoisotopic (exact) mass is 512 g/mol. The molecule has 0 aliphatic rings. The molecule has 0 aliphatic carbocycles. The van der Waals surface area contributed by atoms with Gasteiger partial charge in [-0.2, -0.15) is 0 Å². The van der Waals surface area contributed by atoms with Crippen LogP contribution in [0.15, 0.2) is 30.3 Å². The second-order valence-electron chi connectivity index (χ2n) is 7.05. The first-order valence-corrected chi connectivity index (χ1v) is 11.2. The number of nitro benzene ring substituents is 1. The van der Waals surface area contributed by atoms with E-state index in [0.29, 0.717) is 11.2 Å². The molecular weight excluding hydrogens is 487 g/mol. The minimum atomic E-state index is -0.643. The van der Waals surface area contributed by atoms with Crippen molar-refractivity contribution in [1.29, 1.82) is 0 Å². The van der Waals surface area contributed by atoms with Crippen molar-refractivity contribution in [3.05, 3.63) is 51.8 Å². The van der Waals surface area contributed by atoms with E-state index < -0.39 is 22.3 Å². The highest BCUT2D eigenvalue weighted by molar-refractivity contribution is 7.22. The summed E-state index contributed by atoms with van der Waals surface area (Å²) in [6.07, 6.45) is 0. The Morgan fingerprint density at radius 3 is 2.35 bits per heavy atom. The number of aromatic nitrogens is 1. The van der Waals surface area contributed by atoms with Crippen molar-refractivity contribution in [3.8, 4) is 11.5 Å². The van der Waals surface area contributed by atoms with Crippen LogP contribution in [0.3, 0.4) is 0 Å². The van der Waals surface area contributed by atoms with Crippen molar-refractivity contribution in [2.45, 2.75) is 13.8 Å². The Kier molecular flexibility index (Phi) is 9.54. The summed E-state index contributed by atoms with van der Waals surface area (Å²) < 4.78 is 25.3. The summed E-state index contributed by atoms with van der Waals surface area (Å²) in [6.45, 7) is 6.27. The molecule has 3 rings (SSSR count). The van der Waals surface area contributed by atoms with Crippen LogP contribution in [0.4, 0.5) is 15.2 Å². The third-order valence-electron chi connectivity index (χ3n) is 5.30. The van der Waals surface area contributed by atoms with Gasteiger partial charge in [0.15, 0.2) is 16.6 Å². The van der Waals surface area contributed by atoms with Crippen LogP contribution < -0.4 is 14.4 Å². The number of anilines is 1. The number of hydrogen-bond donors (Lipinski definition) is 0. The topological polar surface area (TPSA) is 98.0 Å². The first-order valence-electron chi connectivity index (χ1n) is 10.3. The van der Waals surface area contributed by atoms with Gasteiger partial charge in [0.05, 0.1) is 29.9 Å². The number of likely N-dealkylation sites (N-methyl/N-ethyl adjacent to an activating group) is 1. The van der Waals surface area contributed by atoms with Gasteiger partial charge in [0.25, 0.3) is 11.6 Å². The number of hydrogen-bond acceptors (Lipinski definition) is 8. The molecule has 3 aromatic rings. The third kappa shape index (κ3) is 5.54. The molecule has 184 valence electrons. The van der Waals surface area contributed by atoms with E-state index in [9.17, 15) is 19.3 Å². The number of benzene rings is 2. The standard InChI is InChI=1S/C22H25FN4O5S.ClH/c1-5-25(6-2)10-11-26(22-24-20-15(23)8-7-9-19(20)33-22)21(28)14-12-17(31-3)18(32-4)13-16(14)27(29)30;/h7-9,12-13H,5-6,10-11H2,1-4H3;1H. The Hall–Kier alpha value is -3.02. The summed E-state index contributed by atoms with van der Waals surface area (Å²) >= 11 is 1.15. The van der Waals surface area contributed by atoms with E-state index in [1.807, 2.05) is 13.8 Å². The van der Waals surface area contributed by atoms with E-state index in [0.717, 1.165) is 30.5 Å². The average Bonchev–Trinajstić information content (AvgIpc) is 3.25. The van der Waals surface area contributed by atoms with Gasteiger partial charge in [0, 0.05) is 19.2 Å². The fourth-order valence-corrected chi connectivity index (χ4v) is 4.42. The summed E-state index contributed by atoms with van der Waals surface area (Å²) in [4.78, 5) is 32.6. The largest absolute Gasteiger partial charge is 0.493 e. The van der Waals surface area contributed by atoms with Gasteiger partial charge in [-0.05, 0) is 25.2 Å². The summed E-state index contributed by atoms with van der Waals surface area (Å²) in [6, 6.07) is 7.03. The number of amides is 1. The molecule has 1 amide bonds. The molecule has 1 heterocycles. The van der Waals surface area contributed by atoms with E-state index in [1.54, 1.807) is 12.1 Å². The van der Waals surface area contributed by atoms with Crippen LogP contribution in [-0.4, -0.2) is 61.1 Å². The van der Waals surface area contributed by atoms with Gasteiger partial charge < -0.3 is 14.4 Å². The summed E-state index contributed by atoms with van der Waals surface area (Å²) in [7, 11) is 2.74. The van der Waals surface area contributed by atoms with Crippen LogP contribution in [0.2, 0.25) is 0 Å². The molecule has 0 N–H and O–H groups in total. The fourth-order valence-electron chi connectivity index (χ4n) is 3.42. The number of carbonyl (C=O) groups excluding carboxylic acids is 1. The number of fused-ring (bicyclic) bond motifs is 1. The molecule has 0 saturated heterocycles. The highest BCUT2D eigenvalue weighted by Crippen LogP contribution is 2.37. The zero-order valence-electron chi connectivity index (χ0n) is 19.2. The second kappa shape index (κ2) is 11.9. The Balaban J connectivity index is 0.00000408. The number of rotatable bonds is 10. The predicted octanol–water partition coefficient (Wildman–Crippen LogP) is 4.77. The van der Waals surface area contributed by atoms with Crippen LogP contribution in [0.1, 0.15) is 24.2 Å². The van der Waals surface area contributed by atoms with Gasteiger partial charge in [-0.15, -0.1) is 12.4 Å². The number of para-hydroxylation sites is 1. The second-order valence-corrected chi connectivity index (χ2v) is 8.06. The molecule has 0 atom stereocenters. The Morgan fingerprint density at radius 2 is 1.79 bits per heavy atom.